The molecule has 0 amide bonds. The number of methoxy groups -OCH3 is 2. The number of esters is 1. The first-order chi connectivity index (χ1) is 14.8. The van der Waals surface area contributed by atoms with Crippen molar-refractivity contribution in [2.24, 2.45) is 5.10 Å². The fraction of sp³-hybridized carbons (Fsp3) is 0.200. The molecule has 3 aromatic rings. The van der Waals surface area contributed by atoms with Gasteiger partial charge in [0.1, 0.15) is 5.02 Å². The van der Waals surface area contributed by atoms with Crippen LogP contribution in [0.25, 0.3) is 10.9 Å². The fourth-order valence-corrected chi connectivity index (χ4v) is 3.37. The maximum atomic E-state index is 12.6. The van der Waals surface area contributed by atoms with Gasteiger partial charge in [-0.25, -0.2) is 9.59 Å². The van der Waals surface area contributed by atoms with Crippen LogP contribution in [-0.4, -0.2) is 42.2 Å². The van der Waals surface area contributed by atoms with Crippen molar-refractivity contribution < 1.29 is 19.0 Å². The lowest BCUT2D eigenvalue weighted by Crippen LogP contribution is -2.32. The van der Waals surface area contributed by atoms with E-state index < -0.39 is 23.3 Å². The van der Waals surface area contributed by atoms with Crippen molar-refractivity contribution in [3.8, 4) is 11.5 Å². The minimum atomic E-state index is -0.933. The van der Waals surface area contributed by atoms with Crippen LogP contribution >= 0.6 is 27.5 Å². The first-order valence-corrected chi connectivity index (χ1v) is 10.0. The highest BCUT2D eigenvalue weighted by atomic mass is 79.9. The van der Waals surface area contributed by atoms with Crippen LogP contribution in [0.4, 0.5) is 0 Å². The highest BCUT2D eigenvalue weighted by Crippen LogP contribution is 2.42. The summed E-state index contributed by atoms with van der Waals surface area (Å²) in [5.74, 6) is -0.258. The quantitative estimate of drug-likeness (QED) is 0.403. The van der Waals surface area contributed by atoms with Gasteiger partial charge in [0, 0.05) is 10.0 Å². The second kappa shape index (κ2) is 9.36. The minimum absolute atomic E-state index is 0.108. The van der Waals surface area contributed by atoms with E-state index in [9.17, 15) is 14.4 Å². The first kappa shape index (κ1) is 22.6. The number of hydrogen-bond donors (Lipinski definition) is 1. The van der Waals surface area contributed by atoms with Crippen LogP contribution < -0.4 is 20.7 Å². The van der Waals surface area contributed by atoms with Crippen molar-refractivity contribution in [2.45, 2.75) is 13.0 Å². The summed E-state index contributed by atoms with van der Waals surface area (Å²) in [4.78, 5) is 39.2. The van der Waals surface area contributed by atoms with Gasteiger partial charge in [0.15, 0.2) is 17.6 Å². The average Bonchev–Trinajstić information content (AvgIpc) is 2.77. The fourth-order valence-electron chi connectivity index (χ4n) is 2.73. The number of nitrogens with one attached hydrogen (secondary N) is 1. The van der Waals surface area contributed by atoms with E-state index in [1.165, 1.54) is 33.4 Å². The number of fused-ring (bicyclic) bond motifs is 1. The molecule has 3 rings (SSSR count). The molecule has 0 aliphatic carbocycles. The molecule has 0 fully saturated rings. The van der Waals surface area contributed by atoms with Crippen LogP contribution in [0.15, 0.2) is 49.5 Å². The molecule has 0 saturated carbocycles. The molecule has 1 aromatic heterocycles. The van der Waals surface area contributed by atoms with Crippen LogP contribution in [0.2, 0.25) is 5.02 Å². The molecule has 162 valence electrons. The van der Waals surface area contributed by atoms with Gasteiger partial charge in [-0.05, 0) is 41.1 Å². The summed E-state index contributed by atoms with van der Waals surface area (Å²) in [6.45, 7) is 1.50. The summed E-state index contributed by atoms with van der Waals surface area (Å²) in [5, 5.41) is 4.43. The van der Waals surface area contributed by atoms with Crippen molar-refractivity contribution in [2.75, 3.05) is 14.2 Å². The van der Waals surface area contributed by atoms with Gasteiger partial charge in [-0.15, -0.1) is 4.68 Å². The zero-order chi connectivity index (χ0) is 22.7. The van der Waals surface area contributed by atoms with E-state index in [1.807, 2.05) is 0 Å². The molecule has 0 aliphatic heterocycles. The SMILES string of the molecule is COC(=O)[C@@H](C)Oc1c(OC)cc(C=Nn2c(=O)[nH]c3ccccc3c2=O)c(Br)c1Cl. The standard InChI is InChI=1S/C20H17BrClN3O6/c1-10(19(27)30-3)31-17-14(29-2)8-11(15(21)16(17)22)9-23-25-18(26)12-6-4-5-7-13(12)24-20(25)28/h4-10H,1-3H3,(H,24,28)/t10-/m1/s1. The number of nitrogens with zero attached hydrogens (tertiary/aromatic N) is 2. The van der Waals surface area contributed by atoms with Gasteiger partial charge < -0.3 is 19.2 Å². The molecule has 0 aliphatic rings. The topological polar surface area (TPSA) is 112 Å². The van der Waals surface area contributed by atoms with Gasteiger partial charge in [0.25, 0.3) is 5.56 Å². The molecular weight excluding hydrogens is 494 g/mol. The number of halogens is 2. The lowest BCUT2D eigenvalue weighted by Gasteiger charge is -2.18. The van der Waals surface area contributed by atoms with Crippen LogP contribution in [0, 0.1) is 0 Å². The molecule has 0 radical (unpaired) electrons. The van der Waals surface area contributed by atoms with Gasteiger partial charge in [0.05, 0.1) is 31.3 Å². The van der Waals surface area contributed by atoms with Crippen LogP contribution in [0.5, 0.6) is 11.5 Å². The van der Waals surface area contributed by atoms with Crippen molar-refractivity contribution in [1.29, 1.82) is 0 Å². The van der Waals surface area contributed by atoms with Gasteiger partial charge in [-0.2, -0.15) is 5.10 Å². The normalized spacial score (nSPS) is 12.2. The van der Waals surface area contributed by atoms with E-state index in [4.69, 9.17) is 21.1 Å². The largest absolute Gasteiger partial charge is 0.493 e. The summed E-state index contributed by atoms with van der Waals surface area (Å²) >= 11 is 9.74. The summed E-state index contributed by atoms with van der Waals surface area (Å²) in [6.07, 6.45) is 0.342. The number of ether oxygens (including phenoxy) is 3. The number of H-pyrrole nitrogens is 1. The lowest BCUT2D eigenvalue weighted by molar-refractivity contribution is -0.147. The van der Waals surface area contributed by atoms with Crippen molar-refractivity contribution >= 4 is 50.6 Å². The van der Waals surface area contributed by atoms with E-state index in [-0.39, 0.29) is 16.5 Å². The van der Waals surface area contributed by atoms with Crippen molar-refractivity contribution in [1.82, 2.24) is 9.66 Å². The Hall–Kier alpha value is -3.11. The van der Waals surface area contributed by atoms with Crippen LogP contribution in [0.3, 0.4) is 0 Å². The Labute approximate surface area is 189 Å². The summed E-state index contributed by atoms with van der Waals surface area (Å²) in [6, 6.07) is 8.14. The number of rotatable bonds is 6. The second-order valence-corrected chi connectivity index (χ2v) is 7.42. The Morgan fingerprint density at radius 2 is 2.00 bits per heavy atom. The summed E-state index contributed by atoms with van der Waals surface area (Å²) in [7, 11) is 2.64. The predicted molar refractivity (Wildman–Crippen MR) is 120 cm³/mol. The zero-order valence-corrected chi connectivity index (χ0v) is 19.0. The zero-order valence-electron chi connectivity index (χ0n) is 16.6. The van der Waals surface area contributed by atoms with E-state index in [0.29, 0.717) is 25.6 Å². The van der Waals surface area contributed by atoms with Crippen molar-refractivity contribution in [3.05, 3.63) is 66.2 Å². The van der Waals surface area contributed by atoms with Gasteiger partial charge in [0.2, 0.25) is 0 Å². The third-order valence-corrected chi connectivity index (χ3v) is 5.74. The molecule has 11 heteroatoms. The second-order valence-electron chi connectivity index (χ2n) is 6.25. The summed E-state index contributed by atoms with van der Waals surface area (Å²) < 4.78 is 16.6. The van der Waals surface area contributed by atoms with Gasteiger partial charge in [-0.3, -0.25) is 4.79 Å². The monoisotopic (exact) mass is 509 g/mol. The molecule has 1 atom stereocenters. The average molecular weight is 511 g/mol. The van der Waals surface area contributed by atoms with Crippen LogP contribution in [-0.2, 0) is 9.53 Å². The first-order valence-electron chi connectivity index (χ1n) is 8.87. The molecule has 0 saturated heterocycles. The molecule has 0 spiro atoms. The third kappa shape index (κ3) is 4.49. The molecule has 1 N–H and O–H groups in total. The number of carbonyl (C=O) groups is 1. The number of carbonyl (C=O) groups excluding carboxylic acids is 1. The number of aromatic amines is 1. The predicted octanol–water partition coefficient (Wildman–Crippen LogP) is 2.94. The highest BCUT2D eigenvalue weighted by Gasteiger charge is 2.22. The van der Waals surface area contributed by atoms with E-state index in [1.54, 1.807) is 24.3 Å². The summed E-state index contributed by atoms with van der Waals surface area (Å²) in [5.41, 5.74) is -0.451. The maximum absolute atomic E-state index is 12.6. The molecule has 1 heterocycles. The number of hydrogen-bond acceptors (Lipinski definition) is 7. The number of benzene rings is 2. The molecule has 31 heavy (non-hydrogen) atoms. The van der Waals surface area contributed by atoms with E-state index >= 15 is 0 Å². The number of para-hydroxylation sites is 1. The lowest BCUT2D eigenvalue weighted by atomic mass is 10.2. The van der Waals surface area contributed by atoms with Gasteiger partial charge in [-0.1, -0.05) is 23.7 Å². The minimum Gasteiger partial charge on any atom is -0.493 e. The van der Waals surface area contributed by atoms with Gasteiger partial charge >= 0.3 is 11.7 Å². The van der Waals surface area contributed by atoms with Crippen LogP contribution in [0.1, 0.15) is 12.5 Å². The third-order valence-electron chi connectivity index (χ3n) is 4.30. The molecule has 9 nitrogen and oxygen atoms in total. The number of aromatic nitrogens is 2. The maximum Gasteiger partial charge on any atom is 0.349 e. The Balaban J connectivity index is 2.05. The van der Waals surface area contributed by atoms with E-state index in [2.05, 4.69) is 30.8 Å². The Morgan fingerprint density at radius 1 is 1.29 bits per heavy atom. The smallest absolute Gasteiger partial charge is 0.349 e. The van der Waals surface area contributed by atoms with E-state index in [0.717, 1.165) is 0 Å². The molecular formula is C20H17BrClN3O6. The Kier molecular flexibility index (Phi) is 6.81. The molecule has 0 bridgehead atoms. The molecule has 0 unspecified atom stereocenters. The highest BCUT2D eigenvalue weighted by molar-refractivity contribution is 9.10. The Morgan fingerprint density at radius 3 is 2.68 bits per heavy atom. The van der Waals surface area contributed by atoms with Crippen molar-refractivity contribution in [3.63, 3.8) is 0 Å². The molecule has 2 aromatic carbocycles. The Bertz CT molecular complexity index is 1300.